The van der Waals surface area contributed by atoms with Crippen molar-refractivity contribution in [1.82, 2.24) is 9.97 Å². The topological polar surface area (TPSA) is 25.8 Å². The molecule has 0 N–H and O–H groups in total. The molecule has 3 heterocycles. The van der Waals surface area contributed by atoms with Gasteiger partial charge in [0, 0.05) is 36.9 Å². The summed E-state index contributed by atoms with van der Waals surface area (Å²) in [7, 11) is -2.52. The van der Waals surface area contributed by atoms with Crippen LogP contribution in [-0.4, -0.2) is 18.0 Å². The molecule has 0 saturated heterocycles. The smallest absolute Gasteiger partial charge is 0.180 e. The van der Waals surface area contributed by atoms with Crippen LogP contribution < -0.4 is 20.7 Å². The summed E-state index contributed by atoms with van der Waals surface area (Å²) in [6.45, 7) is 0. The van der Waals surface area contributed by atoms with Gasteiger partial charge in [-0.05, 0) is 78.4 Å². The number of thiophene rings is 1. The molecule has 0 bridgehead atoms. The highest BCUT2D eigenvalue weighted by atomic mass is 32.1. The lowest BCUT2D eigenvalue weighted by molar-refractivity contribution is 1.18. The molecule has 9 aromatic carbocycles. The number of fused-ring (bicyclic) bond motifs is 6. The van der Waals surface area contributed by atoms with Gasteiger partial charge in [-0.15, -0.1) is 11.3 Å². The van der Waals surface area contributed by atoms with E-state index < -0.39 is 8.07 Å². The third-order valence-corrected chi connectivity index (χ3v) is 18.7. The van der Waals surface area contributed by atoms with Gasteiger partial charge in [0.05, 0.1) is 11.4 Å². The van der Waals surface area contributed by atoms with Crippen LogP contribution in [0.4, 0.5) is 0 Å². The summed E-state index contributed by atoms with van der Waals surface area (Å²) < 4.78 is 2.64. The van der Waals surface area contributed by atoms with E-state index in [1.807, 2.05) is 17.4 Å². The third-order valence-electron chi connectivity index (χ3n) is 12.6. The Morgan fingerprint density at radius 1 is 0.306 bits per heavy atom. The van der Waals surface area contributed by atoms with E-state index in [1.165, 1.54) is 68.7 Å². The Morgan fingerprint density at radius 2 is 0.758 bits per heavy atom. The lowest BCUT2D eigenvalue weighted by Crippen LogP contribution is -2.72. The van der Waals surface area contributed by atoms with Crippen molar-refractivity contribution in [2.45, 2.75) is 0 Å². The minimum Gasteiger partial charge on any atom is -0.228 e. The first-order valence-corrected chi connectivity index (χ1v) is 24.0. The Hall–Kier alpha value is -7.50. The fourth-order valence-electron chi connectivity index (χ4n) is 9.66. The molecule has 0 unspecified atom stereocenters. The molecule has 1 aliphatic heterocycles. The van der Waals surface area contributed by atoms with Gasteiger partial charge in [-0.2, -0.15) is 0 Å². The van der Waals surface area contributed by atoms with Gasteiger partial charge in [-0.1, -0.05) is 206 Å². The lowest BCUT2D eigenvalue weighted by Gasteiger charge is -2.31. The predicted molar refractivity (Wildman–Crippen MR) is 265 cm³/mol. The predicted octanol–water partition coefficient (Wildman–Crippen LogP) is 12.5. The van der Waals surface area contributed by atoms with Crippen molar-refractivity contribution in [3.63, 3.8) is 0 Å². The molecule has 290 valence electrons. The van der Waals surface area contributed by atoms with E-state index >= 15 is 0 Å². The molecule has 62 heavy (non-hydrogen) atoms. The summed E-state index contributed by atoms with van der Waals surface area (Å²) in [6.07, 6.45) is 0. The second-order valence-corrected chi connectivity index (χ2v) is 20.9. The monoisotopic (exact) mass is 822 g/mol. The summed E-state index contributed by atoms with van der Waals surface area (Å²) in [6, 6.07) is 84.2. The van der Waals surface area contributed by atoms with Crippen molar-refractivity contribution in [3.05, 3.63) is 231 Å². The molecule has 0 atom stereocenters. The number of aromatic nitrogens is 2. The van der Waals surface area contributed by atoms with Crippen LogP contribution in [0.25, 0.3) is 87.5 Å². The quantitative estimate of drug-likeness (QED) is 0.150. The van der Waals surface area contributed by atoms with Crippen molar-refractivity contribution < 1.29 is 0 Å². The summed E-state index contributed by atoms with van der Waals surface area (Å²) in [5.41, 5.74) is 12.3. The first kappa shape index (κ1) is 36.4. The van der Waals surface area contributed by atoms with Crippen molar-refractivity contribution in [1.29, 1.82) is 0 Å². The highest BCUT2D eigenvalue weighted by Crippen LogP contribution is 2.37. The maximum absolute atomic E-state index is 5.20. The Labute approximate surface area is 366 Å². The summed E-state index contributed by atoms with van der Waals surface area (Å²) in [5, 5.41) is 8.35. The Kier molecular flexibility index (Phi) is 8.73. The molecule has 0 fully saturated rings. The Bertz CT molecular complexity index is 3390. The summed E-state index contributed by atoms with van der Waals surface area (Å²) in [5.74, 6) is 0.705. The molecule has 12 rings (SSSR count). The van der Waals surface area contributed by atoms with Gasteiger partial charge in [0.15, 0.2) is 13.9 Å². The van der Waals surface area contributed by atoms with Gasteiger partial charge >= 0.3 is 0 Å². The SMILES string of the molecule is c1ccc(-c2cc(-c3ccc(-c4ccc5sc6ccccc6c5c4)cc3)nc(-c3ccc(-c4ccc([Si]5(c6ccccc6)c6ccccc6-c6ccccc65)cc4)cc3)n2)cc1. The van der Waals surface area contributed by atoms with E-state index in [2.05, 4.69) is 224 Å². The standard InChI is InChI=1S/C58H38N2SSi/c1-3-13-42(14-4-1)52-38-53(43-27-23-41(24-28-43)45-33-36-55-51(37-45)48-17-7-10-20-54(48)61-55)60-58(59-52)44-29-25-39(26-30-44)40-31-34-47(35-32-40)62(46-15-5-2-6-16-46)56-21-11-8-18-49(56)50-19-9-12-22-57(50)62/h1-38H. The van der Waals surface area contributed by atoms with Gasteiger partial charge in [0.2, 0.25) is 0 Å². The van der Waals surface area contributed by atoms with E-state index in [0.29, 0.717) is 5.82 Å². The van der Waals surface area contributed by atoms with Crippen LogP contribution in [0.1, 0.15) is 0 Å². The minimum atomic E-state index is -2.52. The van der Waals surface area contributed by atoms with E-state index in [1.54, 1.807) is 0 Å². The lowest BCUT2D eigenvalue weighted by atomic mass is 10.00. The first-order chi connectivity index (χ1) is 30.7. The molecular formula is C58H38N2SSi. The molecule has 4 heteroatoms. The van der Waals surface area contributed by atoms with Crippen LogP contribution in [-0.2, 0) is 0 Å². The normalized spacial score (nSPS) is 12.6. The van der Waals surface area contributed by atoms with E-state index in [0.717, 1.165) is 33.6 Å². The molecule has 11 aromatic rings. The summed E-state index contributed by atoms with van der Waals surface area (Å²) in [4.78, 5) is 10.3. The molecule has 0 amide bonds. The van der Waals surface area contributed by atoms with Gasteiger partial charge in [0.25, 0.3) is 0 Å². The fourth-order valence-corrected chi connectivity index (χ4v) is 15.9. The van der Waals surface area contributed by atoms with Gasteiger partial charge < -0.3 is 0 Å². The number of nitrogens with zero attached hydrogens (tertiary/aromatic N) is 2. The molecule has 1 aliphatic rings. The molecule has 0 saturated carbocycles. The number of hydrogen-bond donors (Lipinski definition) is 0. The second-order valence-electron chi connectivity index (χ2n) is 16.1. The highest BCUT2D eigenvalue weighted by Gasteiger charge is 2.48. The van der Waals surface area contributed by atoms with Crippen molar-refractivity contribution in [3.8, 4) is 67.3 Å². The zero-order chi connectivity index (χ0) is 41.0. The van der Waals surface area contributed by atoms with Crippen LogP contribution >= 0.6 is 11.3 Å². The fraction of sp³-hybridized carbons (Fsp3) is 0. The van der Waals surface area contributed by atoms with E-state index in [-0.39, 0.29) is 0 Å². The number of benzene rings is 9. The van der Waals surface area contributed by atoms with Crippen LogP contribution in [0, 0.1) is 0 Å². The Balaban J connectivity index is 0.883. The molecule has 0 radical (unpaired) electrons. The Morgan fingerprint density at radius 3 is 1.42 bits per heavy atom. The average Bonchev–Trinajstić information content (AvgIpc) is 3.88. The molecule has 0 spiro atoms. The zero-order valence-corrected chi connectivity index (χ0v) is 35.6. The van der Waals surface area contributed by atoms with E-state index in [9.17, 15) is 0 Å². The highest BCUT2D eigenvalue weighted by molar-refractivity contribution is 7.25. The van der Waals surface area contributed by atoms with Crippen LogP contribution in [0.5, 0.6) is 0 Å². The van der Waals surface area contributed by atoms with Crippen LogP contribution in [0.2, 0.25) is 0 Å². The largest absolute Gasteiger partial charge is 0.228 e. The molecule has 2 aromatic heterocycles. The molecular weight excluding hydrogens is 785 g/mol. The first-order valence-electron chi connectivity index (χ1n) is 21.1. The zero-order valence-electron chi connectivity index (χ0n) is 33.7. The van der Waals surface area contributed by atoms with Crippen molar-refractivity contribution >= 4 is 60.3 Å². The van der Waals surface area contributed by atoms with Crippen molar-refractivity contribution in [2.75, 3.05) is 0 Å². The second kappa shape index (κ2) is 14.9. The average molecular weight is 823 g/mol. The van der Waals surface area contributed by atoms with Crippen LogP contribution in [0.3, 0.4) is 0 Å². The van der Waals surface area contributed by atoms with Gasteiger partial charge in [-0.25, -0.2) is 9.97 Å². The summed E-state index contributed by atoms with van der Waals surface area (Å²) >= 11 is 1.85. The number of rotatable bonds is 7. The third kappa shape index (κ3) is 5.99. The van der Waals surface area contributed by atoms with Crippen LogP contribution in [0.15, 0.2) is 231 Å². The maximum atomic E-state index is 5.20. The van der Waals surface area contributed by atoms with Gasteiger partial charge in [0.1, 0.15) is 0 Å². The van der Waals surface area contributed by atoms with E-state index in [4.69, 9.17) is 9.97 Å². The van der Waals surface area contributed by atoms with Crippen molar-refractivity contribution in [2.24, 2.45) is 0 Å². The molecule has 0 aliphatic carbocycles. The molecule has 2 nitrogen and oxygen atoms in total. The minimum absolute atomic E-state index is 0.705. The number of hydrogen-bond acceptors (Lipinski definition) is 3. The van der Waals surface area contributed by atoms with Gasteiger partial charge in [-0.3, -0.25) is 0 Å². The maximum Gasteiger partial charge on any atom is 0.180 e.